The van der Waals surface area contributed by atoms with Crippen molar-refractivity contribution in [3.8, 4) is 0 Å². The first kappa shape index (κ1) is 11.2. The van der Waals surface area contributed by atoms with Gasteiger partial charge in [0.15, 0.2) is 10.9 Å². The SMILES string of the molecule is O=[N+]([O-])c1ccc(C2(O)CSc3ncnn32)cc1. The molecule has 3 rings (SSSR count). The second-order valence-corrected chi connectivity index (χ2v) is 4.81. The molecule has 1 atom stereocenters. The van der Waals surface area contributed by atoms with Crippen LogP contribution in [0.5, 0.6) is 0 Å². The van der Waals surface area contributed by atoms with Crippen molar-refractivity contribution in [3.63, 3.8) is 0 Å². The van der Waals surface area contributed by atoms with E-state index in [4.69, 9.17) is 0 Å². The van der Waals surface area contributed by atoms with Crippen molar-refractivity contribution in [2.24, 2.45) is 0 Å². The lowest BCUT2D eigenvalue weighted by Gasteiger charge is -2.22. The van der Waals surface area contributed by atoms with Gasteiger partial charge in [-0.05, 0) is 12.1 Å². The number of nitrogens with zero attached hydrogens (tertiary/aromatic N) is 4. The number of nitro groups is 1. The fourth-order valence-corrected chi connectivity index (χ4v) is 2.93. The molecule has 0 amide bonds. The molecule has 1 unspecified atom stereocenters. The molecule has 1 N–H and O–H groups in total. The fourth-order valence-electron chi connectivity index (χ4n) is 1.87. The van der Waals surface area contributed by atoms with Gasteiger partial charge in [-0.15, -0.1) is 0 Å². The predicted molar refractivity (Wildman–Crippen MR) is 63.1 cm³/mol. The number of fused-ring (bicyclic) bond motifs is 1. The van der Waals surface area contributed by atoms with E-state index in [1.165, 1.54) is 47.0 Å². The van der Waals surface area contributed by atoms with Gasteiger partial charge < -0.3 is 5.11 Å². The lowest BCUT2D eigenvalue weighted by molar-refractivity contribution is -0.384. The average Bonchev–Trinajstić information content (AvgIpc) is 2.95. The zero-order valence-electron chi connectivity index (χ0n) is 9.05. The summed E-state index contributed by atoms with van der Waals surface area (Å²) in [5.41, 5.74) is -0.734. The van der Waals surface area contributed by atoms with Crippen molar-refractivity contribution in [2.45, 2.75) is 10.9 Å². The molecule has 0 radical (unpaired) electrons. The Bertz CT molecular complexity index is 612. The minimum Gasteiger partial charge on any atom is -0.365 e. The summed E-state index contributed by atoms with van der Waals surface area (Å²) in [6.45, 7) is 0. The molecule has 0 bridgehead atoms. The first-order valence-corrected chi connectivity index (χ1v) is 6.10. The lowest BCUT2D eigenvalue weighted by Crippen LogP contribution is -2.34. The Labute approximate surface area is 106 Å². The molecule has 2 heterocycles. The second kappa shape index (κ2) is 3.79. The summed E-state index contributed by atoms with van der Waals surface area (Å²) in [5, 5.41) is 25.8. The summed E-state index contributed by atoms with van der Waals surface area (Å²) in [4.78, 5) is 14.1. The number of non-ortho nitro benzene ring substituents is 1. The molecule has 92 valence electrons. The van der Waals surface area contributed by atoms with E-state index in [1.54, 1.807) is 0 Å². The molecule has 0 saturated heterocycles. The Balaban J connectivity index is 2.03. The molecular weight excluding hydrogens is 256 g/mol. The van der Waals surface area contributed by atoms with Crippen molar-refractivity contribution in [1.82, 2.24) is 14.8 Å². The number of aromatic nitrogens is 3. The first-order chi connectivity index (χ1) is 8.61. The molecular formula is C10H8N4O3S. The number of nitro benzene ring substituents is 1. The highest BCUT2D eigenvalue weighted by Gasteiger charge is 2.40. The summed E-state index contributed by atoms with van der Waals surface area (Å²) in [6, 6.07) is 5.81. The van der Waals surface area contributed by atoms with Gasteiger partial charge in [0.1, 0.15) is 6.33 Å². The Hall–Kier alpha value is -1.93. The van der Waals surface area contributed by atoms with Crippen molar-refractivity contribution < 1.29 is 10.0 Å². The van der Waals surface area contributed by atoms with Crippen LogP contribution < -0.4 is 0 Å². The van der Waals surface area contributed by atoms with Gasteiger partial charge in [0.25, 0.3) is 5.69 Å². The van der Waals surface area contributed by atoms with E-state index in [0.717, 1.165) is 0 Å². The molecule has 1 aliphatic rings. The third-order valence-electron chi connectivity index (χ3n) is 2.81. The summed E-state index contributed by atoms with van der Waals surface area (Å²) >= 11 is 1.39. The van der Waals surface area contributed by atoms with Crippen molar-refractivity contribution in [1.29, 1.82) is 0 Å². The van der Waals surface area contributed by atoms with Crippen LogP contribution in [-0.4, -0.2) is 30.5 Å². The summed E-state index contributed by atoms with van der Waals surface area (Å²) in [5.74, 6) is 0.390. The standard InChI is InChI=1S/C10H8N4O3S/c15-10(5-18-9-11-6-12-13(9)10)7-1-3-8(4-2-7)14(16)17/h1-4,6,15H,5H2. The minimum atomic E-state index is -1.29. The number of benzene rings is 1. The molecule has 8 heteroatoms. The normalized spacial score (nSPS) is 21.8. The van der Waals surface area contributed by atoms with E-state index < -0.39 is 10.6 Å². The quantitative estimate of drug-likeness (QED) is 0.642. The smallest absolute Gasteiger partial charge is 0.269 e. The predicted octanol–water partition coefficient (Wildman–Crippen LogP) is 0.985. The molecule has 18 heavy (non-hydrogen) atoms. The van der Waals surface area contributed by atoms with E-state index in [-0.39, 0.29) is 5.69 Å². The molecule has 0 aliphatic carbocycles. The van der Waals surface area contributed by atoms with Crippen LogP contribution in [0.25, 0.3) is 0 Å². The average molecular weight is 264 g/mol. The van der Waals surface area contributed by atoms with E-state index in [1.807, 2.05) is 0 Å². The zero-order chi connectivity index (χ0) is 12.8. The fraction of sp³-hybridized carbons (Fsp3) is 0.200. The van der Waals surface area contributed by atoms with Gasteiger partial charge in [0, 0.05) is 17.7 Å². The van der Waals surface area contributed by atoms with Crippen molar-refractivity contribution in [2.75, 3.05) is 5.75 Å². The molecule has 1 aliphatic heterocycles. The summed E-state index contributed by atoms with van der Waals surface area (Å²) in [6.07, 6.45) is 1.37. The van der Waals surface area contributed by atoms with Gasteiger partial charge in [-0.25, -0.2) is 9.67 Å². The number of hydrogen-bond donors (Lipinski definition) is 1. The van der Waals surface area contributed by atoms with E-state index in [0.29, 0.717) is 16.5 Å². The van der Waals surface area contributed by atoms with Gasteiger partial charge in [-0.1, -0.05) is 11.8 Å². The molecule has 0 fully saturated rings. The van der Waals surface area contributed by atoms with Crippen LogP contribution in [0.2, 0.25) is 0 Å². The largest absolute Gasteiger partial charge is 0.365 e. The van der Waals surface area contributed by atoms with Gasteiger partial charge >= 0.3 is 0 Å². The third kappa shape index (κ3) is 1.50. The molecule has 0 saturated carbocycles. The highest BCUT2D eigenvalue weighted by Crippen LogP contribution is 2.38. The van der Waals surface area contributed by atoms with Crippen LogP contribution in [0.1, 0.15) is 5.56 Å². The van der Waals surface area contributed by atoms with Gasteiger partial charge in [-0.3, -0.25) is 10.1 Å². The molecule has 7 nitrogen and oxygen atoms in total. The van der Waals surface area contributed by atoms with Crippen LogP contribution in [0.15, 0.2) is 35.7 Å². The minimum absolute atomic E-state index is 0.00758. The van der Waals surface area contributed by atoms with Gasteiger partial charge in [0.2, 0.25) is 0 Å². The van der Waals surface area contributed by atoms with Crippen LogP contribution in [0, 0.1) is 10.1 Å². The summed E-state index contributed by atoms with van der Waals surface area (Å²) in [7, 11) is 0. The van der Waals surface area contributed by atoms with Crippen molar-refractivity contribution in [3.05, 3.63) is 46.3 Å². The molecule has 1 aromatic carbocycles. The Morgan fingerprint density at radius 1 is 1.44 bits per heavy atom. The van der Waals surface area contributed by atoms with Crippen LogP contribution >= 0.6 is 11.8 Å². The van der Waals surface area contributed by atoms with Crippen LogP contribution in [-0.2, 0) is 5.72 Å². The number of hydrogen-bond acceptors (Lipinski definition) is 6. The first-order valence-electron chi connectivity index (χ1n) is 5.12. The topological polar surface area (TPSA) is 94.1 Å². The molecule has 0 spiro atoms. The summed E-state index contributed by atoms with van der Waals surface area (Å²) < 4.78 is 1.43. The van der Waals surface area contributed by atoms with Gasteiger partial charge in [-0.2, -0.15) is 5.10 Å². The van der Waals surface area contributed by atoms with E-state index in [2.05, 4.69) is 10.1 Å². The number of thioether (sulfide) groups is 1. The monoisotopic (exact) mass is 264 g/mol. The number of rotatable bonds is 2. The molecule has 2 aromatic rings. The maximum Gasteiger partial charge on any atom is 0.269 e. The van der Waals surface area contributed by atoms with Crippen LogP contribution in [0.3, 0.4) is 0 Å². The highest BCUT2D eigenvalue weighted by molar-refractivity contribution is 7.99. The Morgan fingerprint density at radius 3 is 2.83 bits per heavy atom. The van der Waals surface area contributed by atoms with E-state index in [9.17, 15) is 15.2 Å². The Kier molecular flexibility index (Phi) is 2.35. The highest BCUT2D eigenvalue weighted by atomic mass is 32.2. The lowest BCUT2D eigenvalue weighted by atomic mass is 10.0. The number of aliphatic hydroxyl groups is 1. The Morgan fingerprint density at radius 2 is 2.17 bits per heavy atom. The maximum absolute atomic E-state index is 10.6. The third-order valence-corrected chi connectivity index (χ3v) is 3.89. The van der Waals surface area contributed by atoms with Gasteiger partial charge in [0.05, 0.1) is 10.7 Å². The zero-order valence-corrected chi connectivity index (χ0v) is 9.87. The van der Waals surface area contributed by atoms with Crippen LogP contribution in [0.4, 0.5) is 5.69 Å². The molecule has 1 aromatic heterocycles. The maximum atomic E-state index is 10.6. The van der Waals surface area contributed by atoms with E-state index >= 15 is 0 Å². The second-order valence-electron chi connectivity index (χ2n) is 3.86. The van der Waals surface area contributed by atoms with Crippen molar-refractivity contribution >= 4 is 17.4 Å².